The molecule has 2 aromatic rings. The lowest BCUT2D eigenvalue weighted by Crippen LogP contribution is -2.37. The van der Waals surface area contributed by atoms with Gasteiger partial charge in [0.1, 0.15) is 30.8 Å². The highest BCUT2D eigenvalue weighted by atomic mass is 32.2. The predicted molar refractivity (Wildman–Crippen MR) is 143 cm³/mol. The van der Waals surface area contributed by atoms with Gasteiger partial charge in [-0.15, -0.1) is 0 Å². The number of esters is 1. The number of anilines is 1. The van der Waals surface area contributed by atoms with Gasteiger partial charge in [-0.25, -0.2) is 13.2 Å². The topological polar surface area (TPSA) is 151 Å². The van der Waals surface area contributed by atoms with Crippen LogP contribution in [-0.4, -0.2) is 84.8 Å². The molecule has 0 bridgehead atoms. The molecule has 0 radical (unpaired) electrons. The molecule has 0 fully saturated rings. The second kappa shape index (κ2) is 14.8. The van der Waals surface area contributed by atoms with Crippen LogP contribution in [0.15, 0.2) is 36.4 Å². The zero-order chi connectivity index (χ0) is 28.3. The molecule has 1 heterocycles. The van der Waals surface area contributed by atoms with Crippen molar-refractivity contribution in [1.29, 1.82) is 0 Å². The van der Waals surface area contributed by atoms with Crippen LogP contribution in [0.3, 0.4) is 0 Å². The van der Waals surface area contributed by atoms with Crippen LogP contribution in [0.4, 0.5) is 5.69 Å². The average molecular weight is 569 g/mol. The molecule has 2 unspecified atom stereocenters. The van der Waals surface area contributed by atoms with E-state index >= 15 is 0 Å². The number of hydrogen-bond donors (Lipinski definition) is 3. The SMILES string of the molecule is CCOC(=O)C1COc2cc(CCCNCC(O)COc3ccc(OCOC)c(NS(C)(=O)=O)c3)ccc2O1. The molecule has 39 heavy (non-hydrogen) atoms. The van der Waals surface area contributed by atoms with E-state index in [0.29, 0.717) is 30.3 Å². The number of aryl methyl sites for hydroxylation is 1. The van der Waals surface area contributed by atoms with Gasteiger partial charge < -0.3 is 38.8 Å². The van der Waals surface area contributed by atoms with Crippen molar-refractivity contribution in [2.24, 2.45) is 0 Å². The summed E-state index contributed by atoms with van der Waals surface area (Å²) in [5, 5.41) is 13.5. The van der Waals surface area contributed by atoms with Gasteiger partial charge in [0.2, 0.25) is 16.1 Å². The first-order valence-electron chi connectivity index (χ1n) is 12.5. The number of aliphatic hydroxyl groups excluding tert-OH is 1. The van der Waals surface area contributed by atoms with Crippen molar-refractivity contribution >= 4 is 21.7 Å². The minimum Gasteiger partial charge on any atom is -0.491 e. The average Bonchev–Trinajstić information content (AvgIpc) is 2.90. The van der Waals surface area contributed by atoms with Crippen LogP contribution >= 0.6 is 0 Å². The number of sulfonamides is 1. The second-order valence-corrected chi connectivity index (χ2v) is 10.6. The molecule has 2 atom stereocenters. The fourth-order valence-corrected chi connectivity index (χ4v) is 4.25. The van der Waals surface area contributed by atoms with Crippen LogP contribution in [0.25, 0.3) is 0 Å². The summed E-state index contributed by atoms with van der Waals surface area (Å²) < 4.78 is 57.9. The maximum absolute atomic E-state index is 11.9. The molecule has 0 saturated heterocycles. The van der Waals surface area contributed by atoms with Crippen LogP contribution < -0.4 is 29.0 Å². The highest BCUT2D eigenvalue weighted by molar-refractivity contribution is 7.92. The van der Waals surface area contributed by atoms with E-state index in [9.17, 15) is 18.3 Å². The summed E-state index contributed by atoms with van der Waals surface area (Å²) in [6.45, 7) is 3.09. The Hall–Kier alpha value is -3.26. The molecule has 12 nitrogen and oxygen atoms in total. The molecule has 3 rings (SSSR count). The van der Waals surface area contributed by atoms with Gasteiger partial charge >= 0.3 is 5.97 Å². The van der Waals surface area contributed by atoms with Gasteiger partial charge in [-0.2, -0.15) is 0 Å². The Morgan fingerprint density at radius 3 is 2.74 bits per heavy atom. The van der Waals surface area contributed by atoms with Crippen LogP contribution in [0.1, 0.15) is 18.9 Å². The summed E-state index contributed by atoms with van der Waals surface area (Å²) in [5.41, 5.74) is 1.27. The van der Waals surface area contributed by atoms with E-state index in [-0.39, 0.29) is 38.1 Å². The third kappa shape index (κ3) is 10.1. The molecule has 216 valence electrons. The van der Waals surface area contributed by atoms with E-state index in [0.717, 1.165) is 24.7 Å². The lowest BCUT2D eigenvalue weighted by atomic mass is 10.1. The van der Waals surface area contributed by atoms with Gasteiger partial charge in [0, 0.05) is 19.7 Å². The fourth-order valence-electron chi connectivity index (χ4n) is 3.69. The number of methoxy groups -OCH3 is 1. The summed E-state index contributed by atoms with van der Waals surface area (Å²) in [6, 6.07) is 10.3. The first kappa shape index (κ1) is 30.3. The first-order valence-corrected chi connectivity index (χ1v) is 14.4. The molecular formula is C26H36N2O10S. The molecule has 0 amide bonds. The number of benzene rings is 2. The van der Waals surface area contributed by atoms with Crippen LogP contribution in [0.2, 0.25) is 0 Å². The summed E-state index contributed by atoms with van der Waals surface area (Å²) in [4.78, 5) is 11.9. The maximum Gasteiger partial charge on any atom is 0.350 e. The Balaban J connectivity index is 1.38. The molecule has 1 aliphatic heterocycles. The number of aliphatic hydroxyl groups is 1. The summed E-state index contributed by atoms with van der Waals surface area (Å²) >= 11 is 0. The molecule has 0 aliphatic carbocycles. The summed E-state index contributed by atoms with van der Waals surface area (Å²) in [5.74, 6) is 1.33. The first-order chi connectivity index (χ1) is 18.7. The summed E-state index contributed by atoms with van der Waals surface area (Å²) in [6.07, 6.45) is 1.10. The van der Waals surface area contributed by atoms with Gasteiger partial charge in [-0.05, 0) is 56.1 Å². The zero-order valence-corrected chi connectivity index (χ0v) is 23.1. The Morgan fingerprint density at radius 1 is 1.18 bits per heavy atom. The predicted octanol–water partition coefficient (Wildman–Crippen LogP) is 1.71. The molecule has 3 N–H and O–H groups in total. The molecule has 0 spiro atoms. The largest absolute Gasteiger partial charge is 0.491 e. The van der Waals surface area contributed by atoms with Crippen LogP contribution in [0.5, 0.6) is 23.0 Å². The molecular weight excluding hydrogens is 532 g/mol. The maximum atomic E-state index is 11.9. The number of nitrogens with one attached hydrogen (secondary N) is 2. The van der Waals surface area contributed by atoms with E-state index in [2.05, 4.69) is 10.0 Å². The number of hydrogen-bond acceptors (Lipinski definition) is 11. The van der Waals surface area contributed by atoms with Crippen LogP contribution in [-0.2, 0) is 30.7 Å². The van der Waals surface area contributed by atoms with E-state index in [4.69, 9.17) is 28.4 Å². The van der Waals surface area contributed by atoms with Crippen LogP contribution in [0, 0.1) is 0 Å². The molecule has 0 saturated carbocycles. The fraction of sp³-hybridized carbons (Fsp3) is 0.500. The van der Waals surface area contributed by atoms with Crippen molar-refractivity contribution < 1.29 is 46.7 Å². The minimum absolute atomic E-state index is 0.0124. The van der Waals surface area contributed by atoms with Crippen molar-refractivity contribution in [1.82, 2.24) is 5.32 Å². The number of carbonyl (C=O) groups is 1. The van der Waals surface area contributed by atoms with Gasteiger partial charge in [-0.1, -0.05) is 6.07 Å². The number of ether oxygens (including phenoxy) is 6. The lowest BCUT2D eigenvalue weighted by molar-refractivity contribution is -0.153. The van der Waals surface area contributed by atoms with E-state index in [1.54, 1.807) is 25.1 Å². The third-order valence-corrected chi connectivity index (χ3v) is 6.03. The van der Waals surface area contributed by atoms with Gasteiger partial charge in [-0.3, -0.25) is 4.72 Å². The van der Waals surface area contributed by atoms with Gasteiger partial charge in [0.05, 0.1) is 18.6 Å². The Kier molecular flexibility index (Phi) is 11.5. The van der Waals surface area contributed by atoms with Crippen molar-refractivity contribution in [2.45, 2.75) is 32.0 Å². The number of carbonyl (C=O) groups excluding carboxylic acids is 1. The number of fused-ring (bicyclic) bond motifs is 1. The van der Waals surface area contributed by atoms with Crippen molar-refractivity contribution in [2.75, 3.05) is 57.8 Å². The zero-order valence-electron chi connectivity index (χ0n) is 22.3. The third-order valence-electron chi connectivity index (χ3n) is 5.44. The van der Waals surface area contributed by atoms with E-state index < -0.39 is 28.2 Å². The second-order valence-electron chi connectivity index (χ2n) is 8.81. The Morgan fingerprint density at radius 2 is 2.00 bits per heavy atom. The number of rotatable bonds is 16. The van der Waals surface area contributed by atoms with Crippen molar-refractivity contribution in [3.63, 3.8) is 0 Å². The molecule has 0 aromatic heterocycles. The minimum atomic E-state index is -3.54. The van der Waals surface area contributed by atoms with Crippen molar-refractivity contribution in [3.8, 4) is 23.0 Å². The van der Waals surface area contributed by atoms with E-state index in [1.807, 2.05) is 12.1 Å². The summed E-state index contributed by atoms with van der Waals surface area (Å²) in [7, 11) is -2.08. The molecule has 13 heteroatoms. The van der Waals surface area contributed by atoms with Crippen molar-refractivity contribution in [3.05, 3.63) is 42.0 Å². The normalized spacial score (nSPS) is 15.3. The monoisotopic (exact) mass is 568 g/mol. The smallest absolute Gasteiger partial charge is 0.350 e. The lowest BCUT2D eigenvalue weighted by Gasteiger charge is -2.25. The van der Waals surface area contributed by atoms with Gasteiger partial charge in [0.15, 0.2) is 18.3 Å². The Bertz CT molecular complexity index is 1190. The van der Waals surface area contributed by atoms with Gasteiger partial charge in [0.25, 0.3) is 0 Å². The highest BCUT2D eigenvalue weighted by Crippen LogP contribution is 2.33. The van der Waals surface area contributed by atoms with E-state index in [1.165, 1.54) is 13.2 Å². The quantitative estimate of drug-likeness (QED) is 0.154. The molecule has 1 aliphatic rings. The Labute approximate surface area is 228 Å². The highest BCUT2D eigenvalue weighted by Gasteiger charge is 2.28. The molecule has 2 aromatic carbocycles. The standard InChI is InChI=1S/C26H36N2O10S/c1-4-34-26(30)25-16-36-24-12-18(7-9-23(24)38-25)6-5-11-27-14-19(29)15-35-20-8-10-22(37-17-33-2)21(13-20)28-39(3,31)32/h7-10,12-13,19,25,27-29H,4-6,11,14-17H2,1-3H3.